The number of hydrogen-bond donors (Lipinski definition) is 1. The van der Waals surface area contributed by atoms with Gasteiger partial charge < -0.3 is 14.8 Å². The number of ketones is 1. The number of rotatable bonds is 5. The molecule has 2 atom stereocenters. The van der Waals surface area contributed by atoms with Crippen LogP contribution in [0.15, 0.2) is 47.0 Å². The third kappa shape index (κ3) is 3.44. The van der Waals surface area contributed by atoms with Gasteiger partial charge >= 0.3 is 0 Å². The molecular weight excluding hydrogens is 374 g/mol. The minimum atomic E-state index is -0.118. The zero-order valence-electron chi connectivity index (χ0n) is 16.0. The van der Waals surface area contributed by atoms with Gasteiger partial charge in [-0.3, -0.25) is 9.59 Å². The van der Waals surface area contributed by atoms with E-state index in [4.69, 9.17) is 9.47 Å². The molecule has 0 radical (unpaired) electrons. The van der Waals surface area contributed by atoms with Crippen molar-refractivity contribution in [1.29, 1.82) is 0 Å². The molecule has 1 aliphatic heterocycles. The minimum absolute atomic E-state index is 0.0122. The van der Waals surface area contributed by atoms with Crippen molar-refractivity contribution in [3.05, 3.63) is 57.4 Å². The first-order valence-electron chi connectivity index (χ1n) is 9.51. The van der Waals surface area contributed by atoms with E-state index in [0.29, 0.717) is 37.4 Å². The maximum absolute atomic E-state index is 13.1. The van der Waals surface area contributed by atoms with Gasteiger partial charge in [0.05, 0.1) is 13.7 Å². The van der Waals surface area contributed by atoms with Crippen LogP contribution in [0.4, 0.5) is 0 Å². The number of thiophene rings is 1. The second kappa shape index (κ2) is 7.80. The minimum Gasteiger partial charge on any atom is -0.493 e. The van der Waals surface area contributed by atoms with Crippen molar-refractivity contribution in [3.8, 4) is 11.5 Å². The van der Waals surface area contributed by atoms with Crippen molar-refractivity contribution >= 4 is 23.0 Å². The molecule has 4 rings (SSSR count). The lowest BCUT2D eigenvalue weighted by Crippen LogP contribution is -2.37. The van der Waals surface area contributed by atoms with Crippen LogP contribution in [0.3, 0.4) is 0 Å². The molecule has 2 aromatic rings. The van der Waals surface area contributed by atoms with Gasteiger partial charge in [0.2, 0.25) is 5.91 Å². The van der Waals surface area contributed by atoms with Crippen LogP contribution in [0.2, 0.25) is 0 Å². The molecule has 2 aliphatic rings. The summed E-state index contributed by atoms with van der Waals surface area (Å²) >= 11 is 1.60. The number of ether oxygens (including phenoxy) is 2. The van der Waals surface area contributed by atoms with Gasteiger partial charge in [-0.2, -0.15) is 0 Å². The Morgan fingerprint density at radius 1 is 1.14 bits per heavy atom. The summed E-state index contributed by atoms with van der Waals surface area (Å²) in [5.74, 6) is 1.35. The molecule has 1 aliphatic carbocycles. The quantitative estimate of drug-likeness (QED) is 0.823. The number of allylic oxidation sites excluding steroid dienone is 2. The van der Waals surface area contributed by atoms with Crippen molar-refractivity contribution in [3.63, 3.8) is 0 Å². The molecule has 1 aromatic heterocycles. The molecule has 1 amide bonds. The Hall–Kier alpha value is -2.60. The van der Waals surface area contributed by atoms with Crippen molar-refractivity contribution in [1.82, 2.24) is 5.32 Å². The summed E-state index contributed by atoms with van der Waals surface area (Å²) in [7, 11) is 1.61. The molecule has 6 heteroatoms. The van der Waals surface area contributed by atoms with Gasteiger partial charge in [0.25, 0.3) is 0 Å². The van der Waals surface area contributed by atoms with Gasteiger partial charge in [-0.25, -0.2) is 0 Å². The third-order valence-electron chi connectivity index (χ3n) is 5.38. The maximum Gasteiger partial charge on any atom is 0.225 e. The molecule has 2 heterocycles. The van der Waals surface area contributed by atoms with E-state index >= 15 is 0 Å². The molecule has 1 aromatic carbocycles. The van der Waals surface area contributed by atoms with Crippen molar-refractivity contribution in [2.45, 2.75) is 38.0 Å². The first kappa shape index (κ1) is 18.7. The van der Waals surface area contributed by atoms with E-state index in [9.17, 15) is 9.59 Å². The van der Waals surface area contributed by atoms with Crippen LogP contribution in [-0.2, 0) is 9.59 Å². The first-order chi connectivity index (χ1) is 13.6. The summed E-state index contributed by atoms with van der Waals surface area (Å²) in [4.78, 5) is 26.5. The van der Waals surface area contributed by atoms with Crippen molar-refractivity contribution < 1.29 is 19.1 Å². The van der Waals surface area contributed by atoms with Crippen LogP contribution in [0.1, 0.15) is 48.5 Å². The number of hydrogen-bond acceptors (Lipinski definition) is 5. The molecule has 146 valence electrons. The predicted molar refractivity (Wildman–Crippen MR) is 108 cm³/mol. The number of Topliss-reactive ketones (excluding diaryl/α,β-unsaturated/α-hetero) is 1. The van der Waals surface area contributed by atoms with E-state index in [0.717, 1.165) is 21.7 Å². The molecule has 5 nitrogen and oxygen atoms in total. The highest BCUT2D eigenvalue weighted by Crippen LogP contribution is 2.44. The van der Waals surface area contributed by atoms with E-state index < -0.39 is 0 Å². The highest BCUT2D eigenvalue weighted by molar-refractivity contribution is 7.10. The zero-order chi connectivity index (χ0) is 19.7. The van der Waals surface area contributed by atoms with Gasteiger partial charge in [-0.1, -0.05) is 12.1 Å². The second-order valence-electron chi connectivity index (χ2n) is 7.08. The van der Waals surface area contributed by atoms with Crippen LogP contribution in [0, 0.1) is 0 Å². The molecule has 28 heavy (non-hydrogen) atoms. The number of carbonyl (C=O) groups excluding carboxylic acids is 2. The standard InChI is InChI=1S/C22H23NO4S/c1-3-27-18-7-6-13(11-19(18)26-2)14-9-16-22(17(24)10-14)15(12-21(25)23-16)20-5-4-8-28-20/h4-8,11,14-15H,3,9-10,12H2,1-2H3,(H,23,25)/t14-,15+/m0/s1. The van der Waals surface area contributed by atoms with Gasteiger partial charge in [0.15, 0.2) is 17.3 Å². The summed E-state index contributed by atoms with van der Waals surface area (Å²) in [5, 5.41) is 4.96. The summed E-state index contributed by atoms with van der Waals surface area (Å²) < 4.78 is 11.0. The first-order valence-corrected chi connectivity index (χ1v) is 10.4. The molecule has 0 saturated carbocycles. The van der Waals surface area contributed by atoms with Gasteiger partial charge in [0, 0.05) is 34.9 Å². The topological polar surface area (TPSA) is 64.6 Å². The summed E-state index contributed by atoms with van der Waals surface area (Å²) in [5.41, 5.74) is 2.59. The number of methoxy groups -OCH3 is 1. The smallest absolute Gasteiger partial charge is 0.225 e. The number of amides is 1. The monoisotopic (exact) mass is 397 g/mol. The summed E-state index contributed by atoms with van der Waals surface area (Å²) in [6.07, 6.45) is 1.42. The van der Waals surface area contributed by atoms with Crippen LogP contribution in [0.5, 0.6) is 11.5 Å². The maximum atomic E-state index is 13.1. The fourth-order valence-corrected chi connectivity index (χ4v) is 4.98. The van der Waals surface area contributed by atoms with E-state index in [-0.39, 0.29) is 23.5 Å². The van der Waals surface area contributed by atoms with Gasteiger partial charge in [-0.05, 0) is 48.4 Å². The van der Waals surface area contributed by atoms with Crippen LogP contribution >= 0.6 is 11.3 Å². The van der Waals surface area contributed by atoms with Crippen LogP contribution in [0.25, 0.3) is 0 Å². The molecule has 0 saturated heterocycles. The SMILES string of the molecule is CCOc1ccc([C@@H]2CC(=O)C3=C(C2)NC(=O)C[C@@H]3c2cccs2)cc1OC. The molecule has 0 fully saturated rings. The predicted octanol–water partition coefficient (Wildman–Crippen LogP) is 4.16. The lowest BCUT2D eigenvalue weighted by atomic mass is 9.75. The Bertz CT molecular complexity index is 932. The normalized spacial score (nSPS) is 21.9. The Balaban J connectivity index is 1.66. The molecule has 0 unspecified atom stereocenters. The van der Waals surface area contributed by atoms with Gasteiger partial charge in [0.1, 0.15) is 0 Å². The van der Waals surface area contributed by atoms with E-state index in [1.54, 1.807) is 18.4 Å². The summed E-state index contributed by atoms with van der Waals surface area (Å²) in [6, 6.07) is 9.79. The van der Waals surface area contributed by atoms with Crippen molar-refractivity contribution in [2.24, 2.45) is 0 Å². The Morgan fingerprint density at radius 2 is 2.00 bits per heavy atom. The Kier molecular flexibility index (Phi) is 5.22. The van der Waals surface area contributed by atoms with Crippen LogP contribution < -0.4 is 14.8 Å². The molecule has 1 N–H and O–H groups in total. The van der Waals surface area contributed by atoms with E-state index in [1.807, 2.05) is 42.6 Å². The third-order valence-corrected chi connectivity index (χ3v) is 6.37. The highest BCUT2D eigenvalue weighted by Gasteiger charge is 2.38. The highest BCUT2D eigenvalue weighted by atomic mass is 32.1. The Labute approximate surface area is 168 Å². The Morgan fingerprint density at radius 3 is 2.71 bits per heavy atom. The van der Waals surface area contributed by atoms with E-state index in [1.165, 1.54) is 0 Å². The van der Waals surface area contributed by atoms with Crippen LogP contribution in [-0.4, -0.2) is 25.4 Å². The lowest BCUT2D eigenvalue weighted by Gasteiger charge is -2.34. The number of carbonyl (C=O) groups is 2. The largest absolute Gasteiger partial charge is 0.493 e. The van der Waals surface area contributed by atoms with E-state index in [2.05, 4.69) is 5.32 Å². The lowest BCUT2D eigenvalue weighted by molar-refractivity contribution is -0.122. The number of nitrogens with one attached hydrogen (secondary N) is 1. The fourth-order valence-electron chi connectivity index (χ4n) is 4.14. The second-order valence-corrected chi connectivity index (χ2v) is 8.06. The number of benzene rings is 1. The molecular formula is C22H23NO4S. The average Bonchev–Trinajstić information content (AvgIpc) is 3.22. The van der Waals surface area contributed by atoms with Crippen molar-refractivity contribution in [2.75, 3.05) is 13.7 Å². The zero-order valence-corrected chi connectivity index (χ0v) is 16.8. The molecule has 0 bridgehead atoms. The summed E-state index contributed by atoms with van der Waals surface area (Å²) in [6.45, 7) is 2.49. The van der Waals surface area contributed by atoms with Gasteiger partial charge in [-0.15, -0.1) is 11.3 Å². The average molecular weight is 397 g/mol. The molecule has 0 spiro atoms. The fraction of sp³-hybridized carbons (Fsp3) is 0.364.